The molecule has 5 rings (SSSR count). The topological polar surface area (TPSA) is 75.3 Å². The SMILES string of the molecule is CC1(O)CC(Nc2nnc(-c3ccc(C4CC4)cc3CC(F)(F)F)c3cncn23)C1. The lowest BCUT2D eigenvalue weighted by Gasteiger charge is -2.41. The third-order valence-electron chi connectivity index (χ3n) is 5.88. The predicted molar refractivity (Wildman–Crippen MR) is 105 cm³/mol. The van der Waals surface area contributed by atoms with Gasteiger partial charge in [0.05, 0.1) is 23.7 Å². The maximum Gasteiger partial charge on any atom is 0.393 e. The molecule has 2 fully saturated rings. The van der Waals surface area contributed by atoms with Gasteiger partial charge in [0.25, 0.3) is 0 Å². The largest absolute Gasteiger partial charge is 0.393 e. The zero-order chi connectivity index (χ0) is 21.1. The van der Waals surface area contributed by atoms with Crippen LogP contribution in [0.2, 0.25) is 0 Å². The molecule has 6 nitrogen and oxygen atoms in total. The van der Waals surface area contributed by atoms with E-state index in [1.165, 1.54) is 0 Å². The first-order chi connectivity index (χ1) is 14.2. The second-order valence-corrected chi connectivity index (χ2v) is 8.75. The molecule has 3 aromatic rings. The smallest absolute Gasteiger partial charge is 0.390 e. The summed E-state index contributed by atoms with van der Waals surface area (Å²) in [5, 5.41) is 21.7. The van der Waals surface area contributed by atoms with Crippen LogP contribution in [0.15, 0.2) is 30.7 Å². The minimum atomic E-state index is -4.32. The van der Waals surface area contributed by atoms with Crippen molar-refractivity contribution in [3.8, 4) is 11.3 Å². The Morgan fingerprint density at radius 1 is 1.23 bits per heavy atom. The molecule has 0 bridgehead atoms. The van der Waals surface area contributed by atoms with Crippen molar-refractivity contribution in [2.45, 2.75) is 62.8 Å². The predicted octanol–water partition coefficient (Wildman–Crippen LogP) is 4.10. The van der Waals surface area contributed by atoms with Crippen LogP contribution in [0.3, 0.4) is 0 Å². The zero-order valence-electron chi connectivity index (χ0n) is 16.4. The zero-order valence-corrected chi connectivity index (χ0v) is 16.4. The van der Waals surface area contributed by atoms with E-state index in [0.29, 0.717) is 41.5 Å². The molecule has 0 atom stereocenters. The van der Waals surface area contributed by atoms with Crippen molar-refractivity contribution < 1.29 is 18.3 Å². The lowest BCUT2D eigenvalue weighted by molar-refractivity contribution is -0.127. The second-order valence-electron chi connectivity index (χ2n) is 8.75. The number of imidazole rings is 1. The number of benzene rings is 1. The first-order valence-corrected chi connectivity index (χ1v) is 10.1. The molecule has 2 N–H and O–H groups in total. The monoisotopic (exact) mass is 417 g/mol. The molecule has 2 aliphatic carbocycles. The van der Waals surface area contributed by atoms with Crippen LogP contribution in [0.4, 0.5) is 19.1 Å². The van der Waals surface area contributed by atoms with Crippen LogP contribution in [0.25, 0.3) is 16.8 Å². The first-order valence-electron chi connectivity index (χ1n) is 10.1. The van der Waals surface area contributed by atoms with Crippen molar-refractivity contribution >= 4 is 11.5 Å². The van der Waals surface area contributed by atoms with E-state index in [-0.39, 0.29) is 11.6 Å². The third-order valence-corrected chi connectivity index (χ3v) is 5.88. The van der Waals surface area contributed by atoms with Crippen LogP contribution in [0.5, 0.6) is 0 Å². The molecule has 1 aromatic carbocycles. The summed E-state index contributed by atoms with van der Waals surface area (Å²) in [7, 11) is 0. The summed E-state index contributed by atoms with van der Waals surface area (Å²) < 4.78 is 41.5. The van der Waals surface area contributed by atoms with E-state index < -0.39 is 18.2 Å². The summed E-state index contributed by atoms with van der Waals surface area (Å²) in [4.78, 5) is 4.16. The van der Waals surface area contributed by atoms with E-state index in [1.807, 2.05) is 6.07 Å². The van der Waals surface area contributed by atoms with Gasteiger partial charge in [-0.15, -0.1) is 10.2 Å². The standard InChI is InChI=1S/C21H22F3N5O/c1-20(30)8-15(9-20)26-19-28-27-18(17-10-25-11-29(17)19)16-5-4-13(12-2-3-12)6-14(16)7-21(22,23)24/h4-6,10-12,15,30H,2-3,7-9H2,1H3,(H,26,28). The summed E-state index contributed by atoms with van der Waals surface area (Å²) in [6, 6.07) is 5.34. The van der Waals surface area contributed by atoms with Crippen LogP contribution in [0.1, 0.15) is 49.7 Å². The Bertz CT molecular complexity index is 1100. The fourth-order valence-electron chi connectivity index (χ4n) is 4.29. The van der Waals surface area contributed by atoms with Gasteiger partial charge in [-0.2, -0.15) is 13.2 Å². The summed E-state index contributed by atoms with van der Waals surface area (Å²) in [6.45, 7) is 1.78. The molecule has 9 heteroatoms. The maximum atomic E-state index is 13.3. The van der Waals surface area contributed by atoms with Crippen molar-refractivity contribution in [1.82, 2.24) is 19.6 Å². The highest BCUT2D eigenvalue weighted by Crippen LogP contribution is 2.42. The van der Waals surface area contributed by atoms with Crippen molar-refractivity contribution in [2.75, 3.05) is 5.32 Å². The van der Waals surface area contributed by atoms with Crippen LogP contribution in [0, 0.1) is 0 Å². The van der Waals surface area contributed by atoms with Gasteiger partial charge in [-0.25, -0.2) is 4.98 Å². The summed E-state index contributed by atoms with van der Waals surface area (Å²) in [5.74, 6) is 0.817. The minimum absolute atomic E-state index is 0.0596. The van der Waals surface area contributed by atoms with Gasteiger partial charge in [0, 0.05) is 11.6 Å². The van der Waals surface area contributed by atoms with Gasteiger partial charge in [0.1, 0.15) is 12.0 Å². The molecule has 0 aliphatic heterocycles. The normalized spacial score (nSPS) is 24.1. The van der Waals surface area contributed by atoms with E-state index in [1.54, 1.807) is 36.0 Å². The molecule has 2 saturated carbocycles. The van der Waals surface area contributed by atoms with E-state index in [0.717, 1.165) is 18.4 Å². The molecule has 30 heavy (non-hydrogen) atoms. The van der Waals surface area contributed by atoms with Gasteiger partial charge in [-0.1, -0.05) is 18.2 Å². The van der Waals surface area contributed by atoms with Crippen LogP contribution in [-0.2, 0) is 6.42 Å². The maximum absolute atomic E-state index is 13.3. The van der Waals surface area contributed by atoms with Crippen molar-refractivity contribution in [3.63, 3.8) is 0 Å². The Balaban J connectivity index is 1.53. The molecule has 0 radical (unpaired) electrons. The quantitative estimate of drug-likeness (QED) is 0.654. The van der Waals surface area contributed by atoms with E-state index in [2.05, 4.69) is 20.5 Å². The molecule has 0 saturated heterocycles. The summed E-state index contributed by atoms with van der Waals surface area (Å²) in [5.41, 5.74) is 1.86. The summed E-state index contributed by atoms with van der Waals surface area (Å²) >= 11 is 0. The molecule has 0 amide bonds. The minimum Gasteiger partial charge on any atom is -0.390 e. The Hall–Kier alpha value is -2.68. The Kier molecular flexibility index (Phi) is 4.29. The number of hydrogen-bond acceptors (Lipinski definition) is 5. The second kappa shape index (κ2) is 6.66. The molecule has 0 spiro atoms. The highest BCUT2D eigenvalue weighted by molar-refractivity contribution is 5.79. The number of rotatable bonds is 5. The van der Waals surface area contributed by atoms with Gasteiger partial charge in [0.15, 0.2) is 0 Å². The molecule has 2 aliphatic rings. The van der Waals surface area contributed by atoms with Gasteiger partial charge in [-0.05, 0) is 49.7 Å². The number of nitrogens with one attached hydrogen (secondary N) is 1. The number of fused-ring (bicyclic) bond motifs is 1. The average molecular weight is 417 g/mol. The van der Waals surface area contributed by atoms with E-state index >= 15 is 0 Å². The highest BCUT2D eigenvalue weighted by atomic mass is 19.4. The Morgan fingerprint density at radius 2 is 2.00 bits per heavy atom. The molecule has 0 unspecified atom stereocenters. The fraction of sp³-hybridized carbons (Fsp3) is 0.476. The van der Waals surface area contributed by atoms with Gasteiger partial charge < -0.3 is 10.4 Å². The number of aliphatic hydroxyl groups is 1. The number of nitrogens with zero attached hydrogens (tertiary/aromatic N) is 4. The number of halogens is 3. The van der Waals surface area contributed by atoms with Crippen LogP contribution < -0.4 is 5.32 Å². The Labute approximate surface area is 171 Å². The number of aromatic nitrogens is 4. The lowest BCUT2D eigenvalue weighted by Crippen LogP contribution is -2.48. The van der Waals surface area contributed by atoms with Crippen molar-refractivity contribution in [3.05, 3.63) is 41.9 Å². The molecular formula is C21H22F3N5O. The molecule has 2 aromatic heterocycles. The summed E-state index contributed by atoms with van der Waals surface area (Å²) in [6.07, 6.45) is 1.03. The van der Waals surface area contributed by atoms with Gasteiger partial charge >= 0.3 is 6.18 Å². The first kappa shape index (κ1) is 19.3. The van der Waals surface area contributed by atoms with Crippen molar-refractivity contribution in [2.24, 2.45) is 0 Å². The third kappa shape index (κ3) is 3.74. The highest BCUT2D eigenvalue weighted by Gasteiger charge is 2.39. The van der Waals surface area contributed by atoms with Crippen molar-refractivity contribution in [1.29, 1.82) is 0 Å². The van der Waals surface area contributed by atoms with Gasteiger partial charge in [-0.3, -0.25) is 4.40 Å². The number of anilines is 1. The molecular weight excluding hydrogens is 395 g/mol. The fourth-order valence-corrected chi connectivity index (χ4v) is 4.29. The van der Waals surface area contributed by atoms with Gasteiger partial charge in [0.2, 0.25) is 5.95 Å². The van der Waals surface area contributed by atoms with Crippen LogP contribution in [-0.4, -0.2) is 42.5 Å². The molecule has 158 valence electrons. The number of hydrogen-bond donors (Lipinski definition) is 2. The molecule has 2 heterocycles. The lowest BCUT2D eigenvalue weighted by atomic mass is 9.77. The van der Waals surface area contributed by atoms with Crippen LogP contribution >= 0.6 is 0 Å². The average Bonchev–Trinajstić information content (AvgIpc) is 3.36. The van der Waals surface area contributed by atoms with E-state index in [4.69, 9.17) is 0 Å². The Morgan fingerprint density at radius 3 is 2.67 bits per heavy atom. The number of alkyl halides is 3. The van der Waals surface area contributed by atoms with E-state index in [9.17, 15) is 18.3 Å².